The van der Waals surface area contributed by atoms with Gasteiger partial charge in [-0.2, -0.15) is 0 Å². The van der Waals surface area contributed by atoms with E-state index in [1.165, 1.54) is 0 Å². The molecule has 5 nitrogen and oxygen atoms in total. The van der Waals surface area contributed by atoms with Gasteiger partial charge < -0.3 is 5.32 Å². The molecule has 0 unspecified atom stereocenters. The van der Waals surface area contributed by atoms with Crippen LogP contribution in [0.25, 0.3) is 22.2 Å². The summed E-state index contributed by atoms with van der Waals surface area (Å²) in [6.45, 7) is 9.37. The summed E-state index contributed by atoms with van der Waals surface area (Å²) < 4.78 is 0. The Bertz CT molecular complexity index is 1050. The molecule has 0 spiro atoms. The number of benzene rings is 2. The monoisotopic (exact) mass is 377 g/mol. The van der Waals surface area contributed by atoms with Gasteiger partial charge in [0.05, 0.1) is 5.52 Å². The molecule has 1 heterocycles. The first-order chi connectivity index (χ1) is 13.0. The summed E-state index contributed by atoms with van der Waals surface area (Å²) in [6.07, 6.45) is 5.25. The van der Waals surface area contributed by atoms with E-state index < -0.39 is 0 Å². The molecule has 0 aliphatic heterocycles. The smallest absolute Gasteiger partial charge is 0.247 e. The Kier molecular flexibility index (Phi) is 5.62. The molecule has 27 heavy (non-hydrogen) atoms. The van der Waals surface area contributed by atoms with Crippen molar-refractivity contribution in [3.05, 3.63) is 70.5 Å². The second-order valence-corrected chi connectivity index (χ2v) is 6.63. The molecule has 3 aromatic rings. The topological polar surface area (TPSA) is 63.1 Å². The van der Waals surface area contributed by atoms with Crippen molar-refractivity contribution in [2.24, 2.45) is 4.99 Å². The molecule has 0 saturated carbocycles. The van der Waals surface area contributed by atoms with Crippen LogP contribution >= 0.6 is 11.6 Å². The second-order valence-electron chi connectivity index (χ2n) is 6.23. The first kappa shape index (κ1) is 18.7. The van der Waals surface area contributed by atoms with Gasteiger partial charge in [0.25, 0.3) is 0 Å². The zero-order valence-corrected chi connectivity index (χ0v) is 16.2. The lowest BCUT2D eigenvalue weighted by Crippen LogP contribution is -2.03. The van der Waals surface area contributed by atoms with E-state index in [4.69, 9.17) is 11.6 Å². The number of aliphatic imine (C=N–C) groups is 1. The molecule has 0 bridgehead atoms. The molecular weight excluding hydrogens is 358 g/mol. The highest BCUT2D eigenvalue weighted by Gasteiger charge is 2.12. The fourth-order valence-corrected chi connectivity index (χ4v) is 3.20. The molecule has 0 saturated heterocycles. The normalized spacial score (nSPS) is 11.9. The molecule has 1 N–H and O–H groups in total. The molecule has 1 aromatic heterocycles. The first-order valence-corrected chi connectivity index (χ1v) is 8.84. The van der Waals surface area contributed by atoms with Gasteiger partial charge in [0.2, 0.25) is 5.95 Å². The van der Waals surface area contributed by atoms with Crippen LogP contribution in [0.3, 0.4) is 0 Å². The molecule has 0 fully saturated rings. The van der Waals surface area contributed by atoms with Crippen LogP contribution < -0.4 is 5.32 Å². The molecule has 0 amide bonds. The number of nitrogens with zero attached hydrogens (tertiary/aromatic N) is 4. The van der Waals surface area contributed by atoms with Crippen LogP contribution in [0.5, 0.6) is 0 Å². The van der Waals surface area contributed by atoms with E-state index in [9.17, 15) is 0 Å². The lowest BCUT2D eigenvalue weighted by atomic mass is 9.98. The molecule has 136 valence electrons. The van der Waals surface area contributed by atoms with Crippen LogP contribution in [0.15, 0.2) is 59.4 Å². The van der Waals surface area contributed by atoms with Gasteiger partial charge in [-0.3, -0.25) is 4.99 Å². The molecule has 6 heteroatoms. The van der Waals surface area contributed by atoms with Crippen LogP contribution in [-0.4, -0.2) is 21.9 Å². The number of hydrogen-bond acceptors (Lipinski definition) is 5. The number of aromatic nitrogens is 3. The third-order valence-electron chi connectivity index (χ3n) is 4.11. The van der Waals surface area contributed by atoms with E-state index in [-0.39, 0.29) is 0 Å². The zero-order valence-electron chi connectivity index (χ0n) is 15.5. The van der Waals surface area contributed by atoms with E-state index >= 15 is 0 Å². The predicted octanol–water partition coefficient (Wildman–Crippen LogP) is 5.49. The fourth-order valence-electron chi connectivity index (χ4n) is 2.87. The van der Waals surface area contributed by atoms with Crippen LogP contribution in [0.4, 0.5) is 5.95 Å². The Morgan fingerprint density at radius 3 is 2.74 bits per heavy atom. The quantitative estimate of drug-likeness (QED) is 0.471. The molecule has 2 aromatic carbocycles. The number of fused-ring (bicyclic) bond motifs is 1. The Morgan fingerprint density at radius 2 is 2.00 bits per heavy atom. The number of anilines is 1. The molecule has 0 atom stereocenters. The van der Waals surface area contributed by atoms with E-state index in [0.29, 0.717) is 5.95 Å². The average Bonchev–Trinajstić information content (AvgIpc) is 2.62. The van der Waals surface area contributed by atoms with Crippen LogP contribution in [0.1, 0.15) is 18.1 Å². The highest BCUT2D eigenvalue weighted by Crippen LogP contribution is 2.33. The lowest BCUT2D eigenvalue weighted by molar-refractivity contribution is 1.02. The van der Waals surface area contributed by atoms with Gasteiger partial charge in [-0.25, -0.2) is 4.98 Å². The molecular formula is C21H20ClN5. The largest absolute Gasteiger partial charge is 0.327 e. The van der Waals surface area contributed by atoms with Crippen molar-refractivity contribution in [2.45, 2.75) is 20.8 Å². The van der Waals surface area contributed by atoms with Gasteiger partial charge >= 0.3 is 0 Å². The van der Waals surface area contributed by atoms with E-state index in [1.807, 2.05) is 51.1 Å². The Morgan fingerprint density at radius 1 is 1.19 bits per heavy atom. The van der Waals surface area contributed by atoms with E-state index in [2.05, 4.69) is 38.3 Å². The third-order valence-corrected chi connectivity index (χ3v) is 4.42. The van der Waals surface area contributed by atoms with Crippen molar-refractivity contribution in [1.82, 2.24) is 15.2 Å². The van der Waals surface area contributed by atoms with Gasteiger partial charge in [-0.05, 0) is 74.5 Å². The minimum absolute atomic E-state index is 0.445. The second kappa shape index (κ2) is 8.10. The SMILES string of the molecule is C=N/C=C\C=C(/C)Nc1nnc2cc(-c3c(C)cccc3Cl)cc(C)c2n1. The number of halogens is 1. The van der Waals surface area contributed by atoms with Crippen molar-refractivity contribution in [3.8, 4) is 11.1 Å². The Labute approximate surface area is 163 Å². The average molecular weight is 378 g/mol. The lowest BCUT2D eigenvalue weighted by Gasteiger charge is -2.11. The minimum Gasteiger partial charge on any atom is -0.327 e. The van der Waals surface area contributed by atoms with Crippen molar-refractivity contribution < 1.29 is 0 Å². The fraction of sp³-hybridized carbons (Fsp3) is 0.143. The van der Waals surface area contributed by atoms with Crippen molar-refractivity contribution in [1.29, 1.82) is 0 Å². The highest BCUT2D eigenvalue weighted by molar-refractivity contribution is 6.33. The maximum absolute atomic E-state index is 6.42. The number of rotatable bonds is 5. The maximum atomic E-state index is 6.42. The molecule has 0 aliphatic carbocycles. The van der Waals surface area contributed by atoms with Gasteiger partial charge in [-0.15, -0.1) is 10.2 Å². The summed E-state index contributed by atoms with van der Waals surface area (Å²) in [5, 5.41) is 12.4. The van der Waals surface area contributed by atoms with E-state index in [1.54, 1.807) is 12.3 Å². The van der Waals surface area contributed by atoms with Gasteiger partial charge in [0.1, 0.15) is 5.52 Å². The standard InChI is InChI=1S/C21H20ClN5/c1-13-7-5-9-17(22)19(13)16-11-14(2)20-18(12-16)26-27-21(25-20)24-15(3)8-6-10-23-4/h5-12H,4H2,1-3H3,(H,24,25,27)/b10-6-,15-8+. The van der Waals surface area contributed by atoms with Crippen LogP contribution in [-0.2, 0) is 0 Å². The zero-order chi connectivity index (χ0) is 19.4. The van der Waals surface area contributed by atoms with E-state index in [0.717, 1.165) is 44.0 Å². The summed E-state index contributed by atoms with van der Waals surface area (Å²) in [7, 11) is 0. The Hall–Kier alpha value is -3.05. The summed E-state index contributed by atoms with van der Waals surface area (Å²) in [5.41, 5.74) is 6.55. The predicted molar refractivity (Wildman–Crippen MR) is 113 cm³/mol. The first-order valence-electron chi connectivity index (χ1n) is 8.46. The number of allylic oxidation sites excluding steroid dienone is 3. The minimum atomic E-state index is 0.445. The Balaban J connectivity index is 2.00. The summed E-state index contributed by atoms with van der Waals surface area (Å²) in [6, 6.07) is 9.94. The van der Waals surface area contributed by atoms with Gasteiger partial charge in [0, 0.05) is 22.5 Å². The van der Waals surface area contributed by atoms with Crippen molar-refractivity contribution in [2.75, 3.05) is 5.32 Å². The highest BCUT2D eigenvalue weighted by atomic mass is 35.5. The number of hydrogen-bond donors (Lipinski definition) is 1. The van der Waals surface area contributed by atoms with Gasteiger partial charge in [0.15, 0.2) is 0 Å². The molecule has 0 radical (unpaired) electrons. The van der Waals surface area contributed by atoms with Crippen molar-refractivity contribution >= 4 is 35.3 Å². The van der Waals surface area contributed by atoms with Crippen LogP contribution in [0, 0.1) is 13.8 Å². The molecule has 0 aliphatic rings. The van der Waals surface area contributed by atoms with Gasteiger partial charge in [-0.1, -0.05) is 23.7 Å². The van der Waals surface area contributed by atoms with Crippen molar-refractivity contribution in [3.63, 3.8) is 0 Å². The maximum Gasteiger partial charge on any atom is 0.247 e. The summed E-state index contributed by atoms with van der Waals surface area (Å²) >= 11 is 6.42. The summed E-state index contributed by atoms with van der Waals surface area (Å²) in [5.74, 6) is 0.445. The van der Waals surface area contributed by atoms with Crippen LogP contribution in [0.2, 0.25) is 5.02 Å². The number of nitrogens with one attached hydrogen (secondary N) is 1. The molecule has 3 rings (SSSR count). The number of aryl methyl sites for hydroxylation is 2. The summed E-state index contributed by atoms with van der Waals surface area (Å²) in [4.78, 5) is 8.26. The third kappa shape index (κ3) is 4.20.